The number of nitrogens with zero attached hydrogens (tertiary/aromatic N) is 2. The van der Waals surface area contributed by atoms with Crippen LogP contribution >= 0.6 is 11.3 Å². The van der Waals surface area contributed by atoms with E-state index in [0.717, 1.165) is 56.6 Å². The van der Waals surface area contributed by atoms with Crippen LogP contribution in [0.5, 0.6) is 0 Å². The van der Waals surface area contributed by atoms with E-state index in [1.165, 1.54) is 11.3 Å². The molecule has 0 aromatic carbocycles. The fourth-order valence-electron chi connectivity index (χ4n) is 3.77. The first-order valence-corrected chi connectivity index (χ1v) is 11.9. The van der Waals surface area contributed by atoms with E-state index < -0.39 is 10.0 Å². The molecule has 146 valence electrons. The van der Waals surface area contributed by atoms with Gasteiger partial charge >= 0.3 is 0 Å². The topological polar surface area (TPSA) is 69.7 Å². The zero-order valence-electron chi connectivity index (χ0n) is 15.4. The second kappa shape index (κ2) is 8.82. The van der Waals surface area contributed by atoms with Crippen molar-refractivity contribution < 1.29 is 13.2 Å². The van der Waals surface area contributed by atoms with Crippen LogP contribution in [0.4, 0.5) is 0 Å². The summed E-state index contributed by atoms with van der Waals surface area (Å²) in [5.41, 5.74) is 0. The minimum atomic E-state index is -3.39. The fraction of sp³-hybridized carbons (Fsp3) is 0.722. The number of carbonyl (C=O) groups excluding carboxylic acids is 1. The van der Waals surface area contributed by atoms with Gasteiger partial charge in [0.1, 0.15) is 4.21 Å². The maximum Gasteiger partial charge on any atom is 0.252 e. The molecule has 0 bridgehead atoms. The van der Waals surface area contributed by atoms with Gasteiger partial charge in [0.2, 0.25) is 5.91 Å². The van der Waals surface area contributed by atoms with E-state index in [1.807, 2.05) is 4.90 Å². The van der Waals surface area contributed by atoms with E-state index in [1.54, 1.807) is 16.4 Å². The second-order valence-corrected chi connectivity index (χ2v) is 10.4. The van der Waals surface area contributed by atoms with Gasteiger partial charge in [-0.25, -0.2) is 8.42 Å². The molecule has 8 heteroatoms. The van der Waals surface area contributed by atoms with Crippen LogP contribution in [0.25, 0.3) is 0 Å². The maximum absolute atomic E-state index is 12.9. The molecule has 1 amide bonds. The van der Waals surface area contributed by atoms with Gasteiger partial charge in [-0.3, -0.25) is 4.79 Å². The Kier molecular flexibility index (Phi) is 6.71. The standard InChI is InChI=1S/C18H29N3O3S2/c1-2-11-21(15-7-9-19-10-8-15)17(22)14-16-5-6-18(25-16)26(23,24)20-12-3-4-13-20/h5-6,15,19H,2-4,7-14H2,1H3. The lowest BCUT2D eigenvalue weighted by molar-refractivity contribution is -0.133. The van der Waals surface area contributed by atoms with Crippen molar-refractivity contribution in [2.24, 2.45) is 0 Å². The van der Waals surface area contributed by atoms with Crippen LogP contribution in [0.2, 0.25) is 0 Å². The molecule has 0 atom stereocenters. The van der Waals surface area contributed by atoms with E-state index in [9.17, 15) is 13.2 Å². The number of piperidine rings is 1. The average molecular weight is 400 g/mol. The molecule has 1 N–H and O–H groups in total. The van der Waals surface area contributed by atoms with Crippen molar-refractivity contribution in [3.63, 3.8) is 0 Å². The Bertz CT molecular complexity index is 705. The van der Waals surface area contributed by atoms with Gasteiger partial charge in [0.25, 0.3) is 10.0 Å². The number of amides is 1. The largest absolute Gasteiger partial charge is 0.339 e. The minimum absolute atomic E-state index is 0.116. The number of nitrogens with one attached hydrogen (secondary N) is 1. The molecular weight excluding hydrogens is 370 g/mol. The Balaban J connectivity index is 1.67. The van der Waals surface area contributed by atoms with Crippen LogP contribution in [-0.4, -0.2) is 62.3 Å². The summed E-state index contributed by atoms with van der Waals surface area (Å²) in [6.07, 6.45) is 5.07. The van der Waals surface area contributed by atoms with E-state index in [0.29, 0.717) is 29.8 Å². The van der Waals surface area contributed by atoms with Gasteiger partial charge in [0.15, 0.2) is 0 Å². The van der Waals surface area contributed by atoms with Crippen LogP contribution in [0.15, 0.2) is 16.3 Å². The maximum atomic E-state index is 12.9. The molecule has 0 spiro atoms. The third-order valence-corrected chi connectivity index (χ3v) is 8.61. The molecule has 26 heavy (non-hydrogen) atoms. The number of hydrogen-bond donors (Lipinski definition) is 1. The minimum Gasteiger partial charge on any atom is -0.339 e. The van der Waals surface area contributed by atoms with Gasteiger partial charge in [-0.05, 0) is 57.3 Å². The van der Waals surface area contributed by atoms with E-state index in [2.05, 4.69) is 12.2 Å². The highest BCUT2D eigenvalue weighted by molar-refractivity contribution is 7.91. The molecule has 2 aliphatic rings. The molecule has 0 unspecified atom stereocenters. The summed E-state index contributed by atoms with van der Waals surface area (Å²) < 4.78 is 27.2. The second-order valence-electron chi connectivity index (χ2n) is 7.08. The molecule has 0 aliphatic carbocycles. The van der Waals surface area contributed by atoms with Gasteiger partial charge in [0, 0.05) is 30.6 Å². The summed E-state index contributed by atoms with van der Waals surface area (Å²) in [5.74, 6) is 0.116. The summed E-state index contributed by atoms with van der Waals surface area (Å²) in [7, 11) is -3.39. The number of carbonyl (C=O) groups is 1. The molecule has 1 aromatic rings. The third kappa shape index (κ3) is 4.47. The molecular formula is C18H29N3O3S2. The number of thiophene rings is 1. The predicted molar refractivity (Wildman–Crippen MR) is 104 cm³/mol. The Morgan fingerprint density at radius 2 is 1.96 bits per heavy atom. The van der Waals surface area contributed by atoms with Gasteiger partial charge in [0.05, 0.1) is 6.42 Å². The van der Waals surface area contributed by atoms with Gasteiger partial charge in [-0.1, -0.05) is 6.92 Å². The number of sulfonamides is 1. The molecule has 1 aromatic heterocycles. The van der Waals surface area contributed by atoms with Crippen LogP contribution in [0.1, 0.15) is 43.9 Å². The molecule has 0 radical (unpaired) electrons. The molecule has 3 rings (SSSR count). The zero-order chi connectivity index (χ0) is 18.6. The normalized spacial score (nSPS) is 19.7. The Morgan fingerprint density at radius 3 is 2.62 bits per heavy atom. The first-order valence-electron chi connectivity index (χ1n) is 9.61. The lowest BCUT2D eigenvalue weighted by atomic mass is 10.0. The van der Waals surface area contributed by atoms with Crippen molar-refractivity contribution in [1.29, 1.82) is 0 Å². The molecule has 2 fully saturated rings. The third-order valence-electron chi connectivity index (χ3n) is 5.16. The summed E-state index contributed by atoms with van der Waals surface area (Å²) >= 11 is 1.25. The van der Waals surface area contributed by atoms with Crippen LogP contribution in [0, 0.1) is 0 Å². The quantitative estimate of drug-likeness (QED) is 0.762. The van der Waals surface area contributed by atoms with Crippen LogP contribution in [-0.2, 0) is 21.2 Å². The van der Waals surface area contributed by atoms with Gasteiger partial charge < -0.3 is 10.2 Å². The highest BCUT2D eigenvalue weighted by Crippen LogP contribution is 2.28. The molecule has 2 aliphatic heterocycles. The van der Waals surface area contributed by atoms with Crippen molar-refractivity contribution >= 4 is 27.3 Å². The molecule has 6 nitrogen and oxygen atoms in total. The van der Waals surface area contributed by atoms with Crippen molar-refractivity contribution in [1.82, 2.24) is 14.5 Å². The van der Waals surface area contributed by atoms with Crippen molar-refractivity contribution in [3.8, 4) is 0 Å². The zero-order valence-corrected chi connectivity index (χ0v) is 17.1. The molecule has 3 heterocycles. The van der Waals surface area contributed by atoms with Gasteiger partial charge in [-0.2, -0.15) is 4.31 Å². The summed E-state index contributed by atoms with van der Waals surface area (Å²) in [6.45, 7) is 5.98. The van der Waals surface area contributed by atoms with Crippen molar-refractivity contribution in [2.45, 2.75) is 55.7 Å². The Labute approximate surface area is 160 Å². The highest BCUT2D eigenvalue weighted by Gasteiger charge is 2.29. The smallest absolute Gasteiger partial charge is 0.252 e. The van der Waals surface area contributed by atoms with Crippen LogP contribution < -0.4 is 5.32 Å². The lowest BCUT2D eigenvalue weighted by Gasteiger charge is -2.34. The summed E-state index contributed by atoms with van der Waals surface area (Å²) in [4.78, 5) is 15.7. The highest BCUT2D eigenvalue weighted by atomic mass is 32.2. The summed E-state index contributed by atoms with van der Waals surface area (Å²) in [6, 6.07) is 3.77. The van der Waals surface area contributed by atoms with E-state index in [4.69, 9.17) is 0 Å². The van der Waals surface area contributed by atoms with E-state index >= 15 is 0 Å². The Hall–Kier alpha value is -0.960. The monoisotopic (exact) mass is 399 g/mol. The van der Waals surface area contributed by atoms with Crippen molar-refractivity contribution in [2.75, 3.05) is 32.7 Å². The molecule has 2 saturated heterocycles. The fourth-order valence-corrected chi connectivity index (χ4v) is 6.79. The average Bonchev–Trinajstić information content (AvgIpc) is 3.32. The lowest BCUT2D eigenvalue weighted by Crippen LogP contribution is -2.47. The predicted octanol–water partition coefficient (Wildman–Crippen LogP) is 2.07. The summed E-state index contributed by atoms with van der Waals surface area (Å²) in [5, 5.41) is 3.34. The van der Waals surface area contributed by atoms with Crippen molar-refractivity contribution in [3.05, 3.63) is 17.0 Å². The first-order chi connectivity index (χ1) is 12.5. The number of rotatable bonds is 7. The Morgan fingerprint density at radius 1 is 1.27 bits per heavy atom. The number of hydrogen-bond acceptors (Lipinski definition) is 5. The van der Waals surface area contributed by atoms with Gasteiger partial charge in [-0.15, -0.1) is 11.3 Å². The SMILES string of the molecule is CCCN(C(=O)Cc1ccc(S(=O)(=O)N2CCCC2)s1)C1CCNCC1. The first kappa shape index (κ1) is 19.8. The molecule has 0 saturated carbocycles. The van der Waals surface area contributed by atoms with Crippen LogP contribution in [0.3, 0.4) is 0 Å². The van der Waals surface area contributed by atoms with E-state index in [-0.39, 0.29) is 5.91 Å².